The summed E-state index contributed by atoms with van der Waals surface area (Å²) in [6, 6.07) is 3.07. The third kappa shape index (κ3) is 7.67. The van der Waals surface area contributed by atoms with Crippen LogP contribution in [0.15, 0.2) is 18.2 Å². The van der Waals surface area contributed by atoms with Crippen molar-refractivity contribution in [3.8, 4) is 0 Å². The molecule has 32 heavy (non-hydrogen) atoms. The van der Waals surface area contributed by atoms with Gasteiger partial charge in [-0.15, -0.1) is 0 Å². The van der Waals surface area contributed by atoms with Crippen LogP contribution in [0.1, 0.15) is 25.8 Å². The lowest BCUT2D eigenvalue weighted by atomic mass is 10.1. The second kappa shape index (κ2) is 11.0. The Kier molecular flexibility index (Phi) is 8.91. The number of benzene rings is 1. The molecule has 1 aliphatic heterocycles. The Morgan fingerprint density at radius 1 is 1.16 bits per heavy atom. The second-order valence-electron chi connectivity index (χ2n) is 8.25. The molecule has 0 unspecified atom stereocenters. The van der Waals surface area contributed by atoms with Gasteiger partial charge in [-0.1, -0.05) is 25.4 Å². The monoisotopic (exact) mass is 476 g/mol. The summed E-state index contributed by atoms with van der Waals surface area (Å²) in [7, 11) is 1.45. The molecule has 1 fully saturated rings. The van der Waals surface area contributed by atoms with E-state index in [-0.39, 0.29) is 36.5 Å². The smallest absolute Gasteiger partial charge is 0.340 e. The topological polar surface area (TPSA) is 73.0 Å². The van der Waals surface area contributed by atoms with Crippen LogP contribution in [-0.4, -0.2) is 78.7 Å². The number of piperazine rings is 1. The first-order valence-electron chi connectivity index (χ1n) is 10.3. The van der Waals surface area contributed by atoms with Crippen LogP contribution in [0.3, 0.4) is 0 Å². The van der Waals surface area contributed by atoms with E-state index in [1.807, 2.05) is 18.7 Å². The number of hydrogen-bond donors (Lipinski definition) is 1. The van der Waals surface area contributed by atoms with Gasteiger partial charge in [-0.2, -0.15) is 13.2 Å². The summed E-state index contributed by atoms with van der Waals surface area (Å²) in [5, 5.41) is 1.89. The summed E-state index contributed by atoms with van der Waals surface area (Å²) in [5.41, 5.74) is -1.11. The van der Waals surface area contributed by atoms with Gasteiger partial charge in [0.05, 0.1) is 23.7 Å². The molecule has 2 rings (SSSR count). The highest BCUT2D eigenvalue weighted by molar-refractivity contribution is 6.31. The van der Waals surface area contributed by atoms with Crippen LogP contribution in [0.4, 0.5) is 18.9 Å². The molecule has 0 saturated carbocycles. The Balaban J connectivity index is 1.82. The van der Waals surface area contributed by atoms with Crippen LogP contribution < -0.4 is 5.32 Å². The van der Waals surface area contributed by atoms with Gasteiger partial charge in [0.15, 0.2) is 0 Å². The first-order chi connectivity index (χ1) is 14.9. The van der Waals surface area contributed by atoms with E-state index in [0.29, 0.717) is 32.6 Å². The number of alkyl halides is 3. The maximum Gasteiger partial charge on any atom is 0.417 e. The molecule has 7 nitrogen and oxygen atoms in total. The number of hydrogen-bond acceptors (Lipinski definition) is 4. The van der Waals surface area contributed by atoms with Gasteiger partial charge in [0, 0.05) is 45.3 Å². The number of rotatable bonds is 7. The van der Waals surface area contributed by atoms with Crippen molar-refractivity contribution in [2.45, 2.75) is 26.4 Å². The van der Waals surface area contributed by atoms with Gasteiger partial charge in [-0.25, -0.2) is 0 Å². The fourth-order valence-electron chi connectivity index (χ4n) is 3.27. The predicted octanol–water partition coefficient (Wildman–Crippen LogP) is 2.95. The van der Waals surface area contributed by atoms with Gasteiger partial charge >= 0.3 is 6.18 Å². The van der Waals surface area contributed by atoms with Crippen molar-refractivity contribution in [2.24, 2.45) is 5.92 Å². The molecule has 1 saturated heterocycles. The first-order valence-corrected chi connectivity index (χ1v) is 10.6. The molecule has 0 atom stereocenters. The van der Waals surface area contributed by atoms with Crippen LogP contribution in [0, 0.1) is 5.92 Å². The molecule has 0 aromatic heterocycles. The Bertz CT molecular complexity index is 840. The number of amides is 3. The van der Waals surface area contributed by atoms with Crippen molar-refractivity contribution < 1.29 is 27.6 Å². The quantitative estimate of drug-likeness (QED) is 0.656. The molecule has 3 amide bonds. The Morgan fingerprint density at radius 2 is 1.78 bits per heavy atom. The highest BCUT2D eigenvalue weighted by Gasteiger charge is 2.33. The first kappa shape index (κ1) is 25.9. The summed E-state index contributed by atoms with van der Waals surface area (Å²) < 4.78 is 38.9. The Morgan fingerprint density at radius 3 is 2.34 bits per heavy atom. The third-order valence-electron chi connectivity index (χ3n) is 5.03. The minimum absolute atomic E-state index is 0.0604. The maximum absolute atomic E-state index is 13.0. The highest BCUT2D eigenvalue weighted by atomic mass is 35.5. The zero-order chi connectivity index (χ0) is 24.1. The van der Waals surface area contributed by atoms with Crippen LogP contribution >= 0.6 is 11.6 Å². The molecule has 1 aromatic carbocycles. The van der Waals surface area contributed by atoms with Crippen molar-refractivity contribution in [3.63, 3.8) is 0 Å². The van der Waals surface area contributed by atoms with Gasteiger partial charge in [-0.05, 0) is 24.1 Å². The zero-order valence-electron chi connectivity index (χ0n) is 18.3. The number of carbonyl (C=O) groups is 3. The van der Waals surface area contributed by atoms with E-state index in [1.165, 1.54) is 18.0 Å². The Hall–Kier alpha value is -2.33. The van der Waals surface area contributed by atoms with Gasteiger partial charge in [-0.3, -0.25) is 19.3 Å². The fraction of sp³-hybridized carbons (Fsp3) is 0.571. The molecule has 0 spiro atoms. The van der Waals surface area contributed by atoms with Crippen molar-refractivity contribution in [1.29, 1.82) is 0 Å². The minimum Gasteiger partial charge on any atom is -0.340 e. The molecule has 1 aliphatic rings. The molecule has 0 aliphatic carbocycles. The van der Waals surface area contributed by atoms with Gasteiger partial charge in [0.2, 0.25) is 17.7 Å². The number of likely N-dealkylation sites (N-methyl/N-ethyl adjacent to an activating group) is 1. The lowest BCUT2D eigenvalue weighted by Crippen LogP contribution is -2.51. The summed E-state index contributed by atoms with van der Waals surface area (Å²) >= 11 is 5.57. The molecule has 1 heterocycles. The number of halogens is 4. The van der Waals surface area contributed by atoms with E-state index < -0.39 is 22.7 Å². The fourth-order valence-corrected chi connectivity index (χ4v) is 3.49. The number of carbonyl (C=O) groups excluding carboxylic acids is 3. The van der Waals surface area contributed by atoms with Crippen molar-refractivity contribution in [3.05, 3.63) is 28.8 Å². The van der Waals surface area contributed by atoms with Crippen LogP contribution in [0.2, 0.25) is 5.02 Å². The van der Waals surface area contributed by atoms with Crippen LogP contribution in [-0.2, 0) is 20.6 Å². The van der Waals surface area contributed by atoms with E-state index in [0.717, 1.165) is 12.1 Å². The van der Waals surface area contributed by atoms with Crippen molar-refractivity contribution in [1.82, 2.24) is 14.7 Å². The van der Waals surface area contributed by atoms with E-state index in [2.05, 4.69) is 5.32 Å². The molecule has 178 valence electrons. The van der Waals surface area contributed by atoms with Crippen LogP contribution in [0.25, 0.3) is 0 Å². The van der Waals surface area contributed by atoms with E-state index in [9.17, 15) is 27.6 Å². The standard InChI is InChI=1S/C21H28ClF3N4O3/c1-14(2)10-19(31)29-8-6-28(7-9-29)13-20(32)27(3)12-18(30)26-15-4-5-17(22)16(11-15)21(23,24)25/h4-5,11,14H,6-10,12-13H2,1-3H3,(H,26,30). The molecular formula is C21H28ClF3N4O3. The SMILES string of the molecule is CC(C)CC(=O)N1CCN(CC(=O)N(C)CC(=O)Nc2ccc(Cl)c(C(F)(F)F)c2)CC1. The molecular weight excluding hydrogens is 449 g/mol. The molecule has 1 aromatic rings. The summed E-state index contributed by atoms with van der Waals surface area (Å²) in [4.78, 5) is 41.7. The van der Waals surface area contributed by atoms with E-state index in [4.69, 9.17) is 11.6 Å². The minimum atomic E-state index is -4.64. The van der Waals surface area contributed by atoms with Gasteiger partial charge in [0.25, 0.3) is 0 Å². The second-order valence-corrected chi connectivity index (χ2v) is 8.65. The average molecular weight is 477 g/mol. The lowest BCUT2D eigenvalue weighted by Gasteiger charge is -2.35. The maximum atomic E-state index is 13.0. The molecule has 11 heteroatoms. The molecule has 1 N–H and O–H groups in total. The van der Waals surface area contributed by atoms with Crippen molar-refractivity contribution >= 4 is 35.0 Å². The van der Waals surface area contributed by atoms with Crippen molar-refractivity contribution in [2.75, 3.05) is 51.6 Å². The number of nitrogens with one attached hydrogen (secondary N) is 1. The average Bonchev–Trinajstić information content (AvgIpc) is 2.68. The summed E-state index contributed by atoms with van der Waals surface area (Å²) in [5.74, 6) is -0.528. The van der Waals surface area contributed by atoms with Crippen LogP contribution in [0.5, 0.6) is 0 Å². The normalized spacial score (nSPS) is 15.1. The van der Waals surface area contributed by atoms with E-state index in [1.54, 1.807) is 4.90 Å². The largest absolute Gasteiger partial charge is 0.417 e. The highest BCUT2D eigenvalue weighted by Crippen LogP contribution is 2.36. The number of anilines is 1. The van der Waals surface area contributed by atoms with E-state index >= 15 is 0 Å². The summed E-state index contributed by atoms with van der Waals surface area (Å²) in [6.45, 7) is 5.95. The van der Waals surface area contributed by atoms with Gasteiger partial charge in [0.1, 0.15) is 0 Å². The lowest BCUT2D eigenvalue weighted by molar-refractivity contribution is -0.137. The molecule has 0 radical (unpaired) electrons. The Labute approximate surface area is 190 Å². The van der Waals surface area contributed by atoms with Gasteiger partial charge < -0.3 is 15.1 Å². The number of nitrogens with zero attached hydrogens (tertiary/aromatic N) is 3. The summed E-state index contributed by atoms with van der Waals surface area (Å²) in [6.07, 6.45) is -4.15. The zero-order valence-corrected chi connectivity index (χ0v) is 19.1. The predicted molar refractivity (Wildman–Crippen MR) is 115 cm³/mol. The third-order valence-corrected chi connectivity index (χ3v) is 5.36. The molecule has 0 bridgehead atoms.